The molecule has 1 unspecified atom stereocenters. The first kappa shape index (κ1) is 14.1. The molecule has 1 aliphatic heterocycles. The topological polar surface area (TPSA) is 60.4 Å². The van der Waals surface area contributed by atoms with Crippen molar-refractivity contribution in [3.8, 4) is 11.1 Å². The monoisotopic (exact) mass is 306 g/mol. The van der Waals surface area contributed by atoms with E-state index >= 15 is 0 Å². The van der Waals surface area contributed by atoms with Gasteiger partial charge in [0.05, 0.1) is 13.7 Å². The van der Waals surface area contributed by atoms with E-state index in [9.17, 15) is 0 Å². The molecule has 21 heavy (non-hydrogen) atoms. The molecule has 0 saturated carbocycles. The van der Waals surface area contributed by atoms with Gasteiger partial charge < -0.3 is 14.4 Å². The normalized spacial score (nSPS) is 18.5. The van der Waals surface area contributed by atoms with Crippen molar-refractivity contribution in [3.63, 3.8) is 0 Å². The first-order valence-corrected chi connectivity index (χ1v) is 7.86. The van der Waals surface area contributed by atoms with Gasteiger partial charge in [0.2, 0.25) is 5.88 Å². The molecule has 0 spiro atoms. The maximum absolute atomic E-state index is 5.74. The molecule has 1 atom stereocenters. The van der Waals surface area contributed by atoms with Crippen LogP contribution in [0.2, 0.25) is 0 Å². The zero-order chi connectivity index (χ0) is 14.5. The van der Waals surface area contributed by atoms with Crippen LogP contribution < -0.4 is 14.4 Å². The Morgan fingerprint density at radius 3 is 3.14 bits per heavy atom. The average molecular weight is 306 g/mol. The molecule has 0 aromatic carbocycles. The lowest BCUT2D eigenvalue weighted by Gasteiger charge is -2.33. The predicted molar refractivity (Wildman–Crippen MR) is 81.1 cm³/mol. The van der Waals surface area contributed by atoms with Crippen LogP contribution >= 0.6 is 11.3 Å². The van der Waals surface area contributed by atoms with Gasteiger partial charge in [0, 0.05) is 36.7 Å². The van der Waals surface area contributed by atoms with Crippen molar-refractivity contribution in [3.05, 3.63) is 24.0 Å². The Balaban J connectivity index is 1.59. The number of hydrogen-bond donors (Lipinski definition) is 0. The summed E-state index contributed by atoms with van der Waals surface area (Å²) in [7, 11) is 1.62. The van der Waals surface area contributed by atoms with E-state index in [0.717, 1.165) is 30.5 Å². The molecule has 7 heteroatoms. The third-order valence-corrected chi connectivity index (χ3v) is 4.21. The number of rotatable bonds is 5. The van der Waals surface area contributed by atoms with Crippen LogP contribution in [-0.4, -0.2) is 41.8 Å². The first-order valence-electron chi connectivity index (χ1n) is 6.98. The van der Waals surface area contributed by atoms with Gasteiger partial charge in [-0.15, -0.1) is 0 Å². The number of aromatic nitrogens is 3. The van der Waals surface area contributed by atoms with Crippen LogP contribution in [0, 0.1) is 5.92 Å². The Morgan fingerprint density at radius 2 is 2.33 bits per heavy atom. The lowest BCUT2D eigenvalue weighted by Crippen LogP contribution is -2.38. The average Bonchev–Trinajstić information content (AvgIpc) is 3.07. The van der Waals surface area contributed by atoms with E-state index in [2.05, 4.69) is 19.9 Å². The van der Waals surface area contributed by atoms with E-state index in [0.29, 0.717) is 18.4 Å². The summed E-state index contributed by atoms with van der Waals surface area (Å²) in [6, 6.07) is 1.88. The molecule has 0 aliphatic carbocycles. The van der Waals surface area contributed by atoms with Crippen LogP contribution in [-0.2, 0) is 0 Å². The molecular weight excluding hydrogens is 288 g/mol. The Bertz CT molecular complexity index is 564. The van der Waals surface area contributed by atoms with Gasteiger partial charge in [-0.1, -0.05) is 11.3 Å². The number of piperidine rings is 1. The van der Waals surface area contributed by atoms with E-state index in [-0.39, 0.29) is 0 Å². The van der Waals surface area contributed by atoms with Gasteiger partial charge in [0.1, 0.15) is 12.1 Å². The summed E-state index contributed by atoms with van der Waals surface area (Å²) in [6.07, 6.45) is 5.62. The minimum absolute atomic E-state index is 0.489. The molecule has 0 amide bonds. The quantitative estimate of drug-likeness (QED) is 0.844. The van der Waals surface area contributed by atoms with Crippen LogP contribution in [0.25, 0.3) is 0 Å². The van der Waals surface area contributed by atoms with Gasteiger partial charge in [-0.25, -0.2) is 15.0 Å². The van der Waals surface area contributed by atoms with Gasteiger partial charge in [-0.2, -0.15) is 0 Å². The highest BCUT2D eigenvalue weighted by Crippen LogP contribution is 2.24. The van der Waals surface area contributed by atoms with Crippen LogP contribution in [0.5, 0.6) is 11.1 Å². The van der Waals surface area contributed by atoms with Crippen molar-refractivity contribution < 1.29 is 9.47 Å². The van der Waals surface area contributed by atoms with Gasteiger partial charge in [-0.05, 0) is 12.8 Å². The molecule has 3 rings (SSSR count). The van der Waals surface area contributed by atoms with Crippen molar-refractivity contribution in [1.82, 2.24) is 15.0 Å². The Hall–Kier alpha value is -1.89. The zero-order valence-electron chi connectivity index (χ0n) is 11.9. The van der Waals surface area contributed by atoms with Gasteiger partial charge in [-0.3, -0.25) is 0 Å². The Morgan fingerprint density at radius 1 is 1.38 bits per heavy atom. The molecular formula is C14H18N4O2S. The molecule has 1 aliphatic rings. The van der Waals surface area contributed by atoms with Crippen LogP contribution in [0.1, 0.15) is 12.8 Å². The van der Waals surface area contributed by atoms with E-state index in [1.807, 2.05) is 11.4 Å². The molecule has 2 aromatic rings. The maximum atomic E-state index is 5.74. The van der Waals surface area contributed by atoms with Crippen molar-refractivity contribution in [2.75, 3.05) is 31.7 Å². The molecule has 2 aromatic heterocycles. The van der Waals surface area contributed by atoms with Crippen molar-refractivity contribution >= 4 is 17.2 Å². The molecule has 6 nitrogen and oxygen atoms in total. The molecule has 0 radical (unpaired) electrons. The zero-order valence-corrected chi connectivity index (χ0v) is 12.8. The van der Waals surface area contributed by atoms with Crippen LogP contribution in [0.4, 0.5) is 5.82 Å². The number of methoxy groups -OCH3 is 1. The van der Waals surface area contributed by atoms with Crippen molar-refractivity contribution in [2.45, 2.75) is 12.8 Å². The van der Waals surface area contributed by atoms with Crippen molar-refractivity contribution in [1.29, 1.82) is 0 Å². The summed E-state index contributed by atoms with van der Waals surface area (Å²) in [4.78, 5) is 14.8. The van der Waals surface area contributed by atoms with E-state index < -0.39 is 0 Å². The predicted octanol–water partition coefficient (Wildman–Crippen LogP) is 2.24. The van der Waals surface area contributed by atoms with Gasteiger partial charge >= 0.3 is 0 Å². The second kappa shape index (κ2) is 6.71. The summed E-state index contributed by atoms with van der Waals surface area (Å²) < 4.78 is 10.9. The van der Waals surface area contributed by atoms with E-state index in [1.54, 1.807) is 19.6 Å². The first-order chi connectivity index (χ1) is 10.3. The van der Waals surface area contributed by atoms with Gasteiger partial charge in [0.25, 0.3) is 5.19 Å². The summed E-state index contributed by atoms with van der Waals surface area (Å²) in [5.74, 6) is 2.01. The lowest BCUT2D eigenvalue weighted by molar-refractivity contribution is 0.227. The Kier molecular flexibility index (Phi) is 4.49. The van der Waals surface area contributed by atoms with Gasteiger partial charge in [0.15, 0.2) is 0 Å². The fourth-order valence-electron chi connectivity index (χ4n) is 2.49. The highest BCUT2D eigenvalue weighted by atomic mass is 32.1. The second-order valence-corrected chi connectivity index (χ2v) is 5.84. The molecule has 0 bridgehead atoms. The number of anilines is 1. The molecule has 112 valence electrons. The molecule has 3 heterocycles. The third-order valence-electron chi connectivity index (χ3n) is 3.53. The maximum Gasteiger partial charge on any atom is 0.273 e. The smallest absolute Gasteiger partial charge is 0.273 e. The number of nitrogens with zero attached hydrogens (tertiary/aromatic N) is 4. The third kappa shape index (κ3) is 3.60. The minimum Gasteiger partial charge on any atom is -0.481 e. The number of ether oxygens (including phenoxy) is 2. The summed E-state index contributed by atoms with van der Waals surface area (Å²) >= 11 is 1.53. The highest BCUT2D eigenvalue weighted by Gasteiger charge is 2.22. The van der Waals surface area contributed by atoms with E-state index in [4.69, 9.17) is 9.47 Å². The largest absolute Gasteiger partial charge is 0.481 e. The molecule has 1 fully saturated rings. The van der Waals surface area contributed by atoms with E-state index in [1.165, 1.54) is 17.8 Å². The molecule has 1 saturated heterocycles. The number of thiazole rings is 1. The summed E-state index contributed by atoms with van der Waals surface area (Å²) in [6.45, 7) is 2.64. The van der Waals surface area contributed by atoms with Crippen molar-refractivity contribution in [2.24, 2.45) is 5.92 Å². The summed E-state index contributed by atoms with van der Waals surface area (Å²) in [5.41, 5.74) is 0. The molecule has 0 N–H and O–H groups in total. The highest BCUT2D eigenvalue weighted by molar-refractivity contribution is 7.11. The standard InChI is InChI=1S/C14H18N4O2S/c1-19-13-7-12(16-10-17-13)18-5-2-3-11(8-18)9-20-14-15-4-6-21-14/h4,6-7,10-11H,2-3,5,8-9H2,1H3. The minimum atomic E-state index is 0.489. The fraction of sp³-hybridized carbons (Fsp3) is 0.500. The fourth-order valence-corrected chi connectivity index (χ4v) is 2.99. The van der Waals surface area contributed by atoms with Crippen LogP contribution in [0.15, 0.2) is 24.0 Å². The van der Waals surface area contributed by atoms with Crippen LogP contribution in [0.3, 0.4) is 0 Å². The second-order valence-electron chi connectivity index (χ2n) is 4.98. The number of hydrogen-bond acceptors (Lipinski definition) is 7. The lowest BCUT2D eigenvalue weighted by atomic mass is 9.99. The Labute approximate surface area is 127 Å². The summed E-state index contributed by atoms with van der Waals surface area (Å²) in [5, 5.41) is 2.67. The SMILES string of the molecule is COc1cc(N2CCCC(COc3nccs3)C2)ncn1.